The maximum Gasteiger partial charge on any atom is 0.188 e. The number of hydrogen-bond acceptors (Lipinski definition) is 3. The first-order chi connectivity index (χ1) is 8.65. The summed E-state index contributed by atoms with van der Waals surface area (Å²) in [7, 11) is 0. The Morgan fingerprint density at radius 2 is 2.17 bits per heavy atom. The third-order valence-electron chi connectivity index (χ3n) is 2.68. The highest BCUT2D eigenvalue weighted by Crippen LogP contribution is 2.26. The molecule has 18 heavy (non-hydrogen) atoms. The Labute approximate surface area is 108 Å². The molecule has 1 heterocycles. The van der Waals surface area contributed by atoms with Crippen molar-refractivity contribution in [2.75, 3.05) is 0 Å². The number of carbonyl (C=O) groups excluding carboxylic acids is 1. The zero-order chi connectivity index (χ0) is 13.1. The van der Waals surface area contributed by atoms with Gasteiger partial charge in [0.05, 0.1) is 11.6 Å². The van der Waals surface area contributed by atoms with E-state index in [1.165, 1.54) is 17.4 Å². The molecule has 90 valence electrons. The molecule has 1 aromatic carbocycles. The highest BCUT2D eigenvalue weighted by atomic mass is 32.1. The van der Waals surface area contributed by atoms with E-state index < -0.39 is 17.5 Å². The number of hydrogen-bond donors (Lipinski definition) is 0. The molecular weight excluding hydrogens is 249 g/mol. The molecule has 1 unspecified atom stereocenters. The summed E-state index contributed by atoms with van der Waals surface area (Å²) in [4.78, 5) is 12.8. The topological polar surface area (TPSA) is 40.9 Å². The molecule has 0 radical (unpaired) electrons. The van der Waals surface area contributed by atoms with E-state index in [1.807, 2.05) is 6.07 Å². The van der Waals surface area contributed by atoms with E-state index in [2.05, 4.69) is 0 Å². The lowest BCUT2D eigenvalue weighted by atomic mass is 9.96. The first-order valence-corrected chi connectivity index (χ1v) is 6.25. The summed E-state index contributed by atoms with van der Waals surface area (Å²) < 4.78 is 13.9. The second kappa shape index (κ2) is 5.11. The first-order valence-electron chi connectivity index (χ1n) is 5.37. The van der Waals surface area contributed by atoms with Crippen molar-refractivity contribution in [2.45, 2.75) is 12.8 Å². The molecule has 0 bridgehead atoms. The smallest absolute Gasteiger partial charge is 0.188 e. The Kier molecular flexibility index (Phi) is 3.54. The van der Waals surface area contributed by atoms with Gasteiger partial charge in [-0.25, -0.2) is 4.39 Å². The third kappa shape index (κ3) is 2.18. The van der Waals surface area contributed by atoms with Crippen molar-refractivity contribution in [3.8, 4) is 6.07 Å². The Hall–Kier alpha value is -1.99. The number of thiophene rings is 1. The molecule has 0 saturated carbocycles. The van der Waals surface area contributed by atoms with Gasteiger partial charge in [0.1, 0.15) is 11.7 Å². The predicted octanol–water partition coefficient (Wildman–Crippen LogP) is 3.69. The lowest BCUT2D eigenvalue weighted by Crippen LogP contribution is -2.12. The largest absolute Gasteiger partial charge is 0.292 e. The van der Waals surface area contributed by atoms with Crippen LogP contribution < -0.4 is 0 Å². The van der Waals surface area contributed by atoms with Gasteiger partial charge in [0.25, 0.3) is 0 Å². The Morgan fingerprint density at radius 1 is 1.39 bits per heavy atom. The second-order valence-corrected chi connectivity index (χ2v) is 4.86. The predicted molar refractivity (Wildman–Crippen MR) is 68.1 cm³/mol. The van der Waals surface area contributed by atoms with Gasteiger partial charge in [-0.1, -0.05) is 18.2 Å². The van der Waals surface area contributed by atoms with E-state index in [0.29, 0.717) is 10.4 Å². The van der Waals surface area contributed by atoms with Gasteiger partial charge in [0.2, 0.25) is 0 Å². The first kappa shape index (κ1) is 12.5. The van der Waals surface area contributed by atoms with Crippen LogP contribution in [-0.2, 0) is 0 Å². The van der Waals surface area contributed by atoms with Gasteiger partial charge >= 0.3 is 0 Å². The van der Waals surface area contributed by atoms with Crippen LogP contribution in [0, 0.1) is 24.1 Å². The number of nitrogens with zero attached hydrogens (tertiary/aromatic N) is 1. The number of benzene rings is 1. The van der Waals surface area contributed by atoms with Gasteiger partial charge in [-0.15, -0.1) is 11.3 Å². The summed E-state index contributed by atoms with van der Waals surface area (Å²) in [5.41, 5.74) is 0.388. The highest BCUT2D eigenvalue weighted by molar-refractivity contribution is 7.10. The highest BCUT2D eigenvalue weighted by Gasteiger charge is 2.25. The van der Waals surface area contributed by atoms with Gasteiger partial charge in [0, 0.05) is 4.88 Å². The summed E-state index contributed by atoms with van der Waals surface area (Å²) in [5, 5.41) is 10.9. The monoisotopic (exact) mass is 259 g/mol. The fourth-order valence-corrected chi connectivity index (χ4v) is 2.47. The number of halogens is 1. The van der Waals surface area contributed by atoms with Crippen LogP contribution >= 0.6 is 11.3 Å². The van der Waals surface area contributed by atoms with Crippen LogP contribution in [0.1, 0.15) is 26.7 Å². The number of carbonyl (C=O) groups is 1. The van der Waals surface area contributed by atoms with Gasteiger partial charge in [0.15, 0.2) is 5.78 Å². The van der Waals surface area contributed by atoms with E-state index >= 15 is 0 Å². The fourth-order valence-electron chi connectivity index (χ4n) is 1.70. The quantitative estimate of drug-likeness (QED) is 0.789. The normalized spacial score (nSPS) is 11.8. The number of nitriles is 1. The van der Waals surface area contributed by atoms with Crippen molar-refractivity contribution in [1.82, 2.24) is 0 Å². The minimum atomic E-state index is -0.929. The van der Waals surface area contributed by atoms with Crippen molar-refractivity contribution in [3.05, 3.63) is 57.5 Å². The maximum absolute atomic E-state index is 13.9. The second-order valence-electron chi connectivity index (χ2n) is 3.88. The molecule has 0 aliphatic carbocycles. The summed E-state index contributed by atoms with van der Waals surface area (Å²) in [5.74, 6) is -1.96. The maximum atomic E-state index is 13.9. The Balaban J connectivity index is 2.42. The molecule has 0 saturated heterocycles. The molecule has 0 N–H and O–H groups in total. The summed E-state index contributed by atoms with van der Waals surface area (Å²) in [6.07, 6.45) is 0. The average molecular weight is 259 g/mol. The van der Waals surface area contributed by atoms with Crippen LogP contribution in [0.4, 0.5) is 4.39 Å². The summed E-state index contributed by atoms with van der Waals surface area (Å²) in [6.45, 7) is 1.60. The van der Waals surface area contributed by atoms with Crippen molar-refractivity contribution >= 4 is 17.1 Å². The minimum Gasteiger partial charge on any atom is -0.292 e. The minimum absolute atomic E-state index is 0.0186. The molecule has 0 aliphatic rings. The standard InChI is InChI=1S/C14H10FNOS/c1-9-4-2-5-10(13(9)15)14(17)11(8-16)12-6-3-7-18-12/h2-7,11H,1H3. The van der Waals surface area contributed by atoms with E-state index in [0.717, 1.165) is 0 Å². The Morgan fingerprint density at radius 3 is 2.78 bits per heavy atom. The van der Waals surface area contributed by atoms with Crippen LogP contribution in [0.15, 0.2) is 35.7 Å². The lowest BCUT2D eigenvalue weighted by Gasteiger charge is -2.08. The summed E-state index contributed by atoms with van der Waals surface area (Å²) in [6, 6.07) is 10.1. The molecule has 0 amide bonds. The molecular formula is C14H10FNOS. The van der Waals surface area contributed by atoms with Gasteiger partial charge in [-0.2, -0.15) is 5.26 Å². The van der Waals surface area contributed by atoms with E-state index in [1.54, 1.807) is 36.6 Å². The lowest BCUT2D eigenvalue weighted by molar-refractivity contribution is 0.0976. The van der Waals surface area contributed by atoms with Crippen molar-refractivity contribution in [3.63, 3.8) is 0 Å². The SMILES string of the molecule is Cc1cccc(C(=O)C(C#N)c2cccs2)c1F. The van der Waals surface area contributed by atoms with Gasteiger partial charge in [-0.3, -0.25) is 4.79 Å². The average Bonchev–Trinajstić information content (AvgIpc) is 2.87. The van der Waals surface area contributed by atoms with Crippen LogP contribution in [0.25, 0.3) is 0 Å². The number of Topliss-reactive ketones (excluding diaryl/α,β-unsaturated/α-hetero) is 1. The molecule has 0 spiro atoms. The van der Waals surface area contributed by atoms with Crippen molar-refractivity contribution < 1.29 is 9.18 Å². The Bertz CT molecular complexity index is 613. The molecule has 1 atom stereocenters. The molecule has 0 aliphatic heterocycles. The number of rotatable bonds is 3. The molecule has 2 rings (SSSR count). The molecule has 2 nitrogen and oxygen atoms in total. The van der Waals surface area contributed by atoms with E-state index in [-0.39, 0.29) is 5.56 Å². The van der Waals surface area contributed by atoms with Crippen molar-refractivity contribution in [2.24, 2.45) is 0 Å². The molecule has 1 aromatic heterocycles. The van der Waals surface area contributed by atoms with Crippen molar-refractivity contribution in [1.29, 1.82) is 5.26 Å². The van der Waals surface area contributed by atoms with Gasteiger partial charge < -0.3 is 0 Å². The van der Waals surface area contributed by atoms with Crippen LogP contribution in [-0.4, -0.2) is 5.78 Å². The molecule has 0 fully saturated rings. The zero-order valence-corrected chi connectivity index (χ0v) is 10.5. The zero-order valence-electron chi connectivity index (χ0n) is 9.68. The summed E-state index contributed by atoms with van der Waals surface area (Å²) >= 11 is 1.32. The third-order valence-corrected chi connectivity index (χ3v) is 3.61. The van der Waals surface area contributed by atoms with E-state index in [4.69, 9.17) is 5.26 Å². The van der Waals surface area contributed by atoms with Crippen LogP contribution in [0.3, 0.4) is 0 Å². The molecule has 4 heteroatoms. The van der Waals surface area contributed by atoms with Crippen LogP contribution in [0.5, 0.6) is 0 Å². The fraction of sp³-hybridized carbons (Fsp3) is 0.143. The van der Waals surface area contributed by atoms with Gasteiger partial charge in [-0.05, 0) is 30.0 Å². The van der Waals surface area contributed by atoms with E-state index in [9.17, 15) is 9.18 Å². The van der Waals surface area contributed by atoms with Crippen LogP contribution in [0.2, 0.25) is 0 Å². The molecule has 2 aromatic rings. The number of ketones is 1. The number of aryl methyl sites for hydroxylation is 1.